The van der Waals surface area contributed by atoms with Gasteiger partial charge in [0.25, 0.3) is 0 Å². The van der Waals surface area contributed by atoms with Gasteiger partial charge in [0.05, 0.1) is 7.11 Å². The van der Waals surface area contributed by atoms with Crippen molar-refractivity contribution in [3.8, 4) is 0 Å². The van der Waals surface area contributed by atoms with Gasteiger partial charge in [-0.05, 0) is 38.8 Å². The van der Waals surface area contributed by atoms with E-state index >= 15 is 0 Å². The number of methoxy groups -OCH3 is 1. The second kappa shape index (κ2) is 8.54. The lowest BCUT2D eigenvalue weighted by molar-refractivity contribution is -0.150. The molecule has 0 fully saturated rings. The Morgan fingerprint density at radius 3 is 1.95 bits per heavy atom. The normalized spacial score (nSPS) is 12.5. The van der Waals surface area contributed by atoms with Crippen molar-refractivity contribution in [3.63, 3.8) is 0 Å². The second-order valence-electron chi connectivity index (χ2n) is 6.50. The lowest BCUT2D eigenvalue weighted by Crippen LogP contribution is -2.55. The van der Waals surface area contributed by atoms with Crippen molar-refractivity contribution >= 4 is 5.97 Å². The third-order valence-corrected chi connectivity index (χ3v) is 3.11. The molecule has 0 aromatic carbocycles. The Hall–Kier alpha value is -0.610. The highest BCUT2D eigenvalue weighted by Crippen LogP contribution is 2.26. The minimum atomic E-state index is -0.549. The molecule has 0 atom stereocenters. The van der Waals surface area contributed by atoms with Crippen molar-refractivity contribution in [1.82, 2.24) is 10.2 Å². The number of nitrogens with one attached hydrogen (secondary N) is 1. The molecule has 0 heterocycles. The van der Waals surface area contributed by atoms with Gasteiger partial charge >= 0.3 is 5.97 Å². The van der Waals surface area contributed by atoms with E-state index in [9.17, 15) is 4.79 Å². The van der Waals surface area contributed by atoms with Crippen LogP contribution in [0, 0.1) is 11.8 Å². The van der Waals surface area contributed by atoms with Crippen molar-refractivity contribution in [2.24, 2.45) is 11.8 Å². The molecular formula is C15H32N2O2. The molecule has 0 amide bonds. The number of ether oxygens (including phenoxy) is 1. The van der Waals surface area contributed by atoms with Crippen LogP contribution in [0.25, 0.3) is 0 Å². The van der Waals surface area contributed by atoms with Crippen molar-refractivity contribution in [3.05, 3.63) is 0 Å². The van der Waals surface area contributed by atoms with Gasteiger partial charge in [-0.25, -0.2) is 0 Å². The van der Waals surface area contributed by atoms with E-state index in [1.165, 1.54) is 7.11 Å². The lowest BCUT2D eigenvalue weighted by Gasteiger charge is -2.35. The first-order valence-electron chi connectivity index (χ1n) is 7.21. The van der Waals surface area contributed by atoms with E-state index in [2.05, 4.69) is 37.9 Å². The summed E-state index contributed by atoms with van der Waals surface area (Å²) in [7, 11) is 5.55. The maximum atomic E-state index is 12.3. The Kier molecular flexibility index (Phi) is 8.26. The fourth-order valence-corrected chi connectivity index (χ4v) is 2.57. The van der Waals surface area contributed by atoms with E-state index in [1.54, 1.807) is 0 Å². The third-order valence-electron chi connectivity index (χ3n) is 3.11. The molecule has 4 nitrogen and oxygen atoms in total. The molecule has 4 heteroatoms. The molecule has 19 heavy (non-hydrogen) atoms. The summed E-state index contributed by atoms with van der Waals surface area (Å²) in [6.45, 7) is 10.3. The monoisotopic (exact) mass is 272 g/mol. The minimum absolute atomic E-state index is 0.131. The van der Waals surface area contributed by atoms with Gasteiger partial charge in [-0.3, -0.25) is 4.79 Å². The van der Waals surface area contributed by atoms with Crippen LogP contribution in [0.1, 0.15) is 40.5 Å². The van der Waals surface area contributed by atoms with Crippen molar-refractivity contribution in [2.75, 3.05) is 34.3 Å². The summed E-state index contributed by atoms with van der Waals surface area (Å²) in [4.78, 5) is 14.4. The predicted molar refractivity (Wildman–Crippen MR) is 80.2 cm³/mol. The molecule has 0 saturated heterocycles. The zero-order valence-corrected chi connectivity index (χ0v) is 13.7. The average Bonchev–Trinajstić information content (AvgIpc) is 2.25. The SMILES string of the molecule is COC(=O)C(CC(C)C)(CC(C)C)NCCN(C)C. The first-order valence-corrected chi connectivity index (χ1v) is 7.21. The highest BCUT2D eigenvalue weighted by molar-refractivity contribution is 5.80. The molecule has 0 aliphatic heterocycles. The summed E-state index contributed by atoms with van der Waals surface area (Å²) in [5.74, 6) is 0.767. The fourth-order valence-electron chi connectivity index (χ4n) is 2.57. The van der Waals surface area contributed by atoms with Crippen LogP contribution in [0.15, 0.2) is 0 Å². The zero-order chi connectivity index (χ0) is 15.1. The molecule has 0 spiro atoms. The van der Waals surface area contributed by atoms with E-state index in [0.717, 1.165) is 25.9 Å². The molecule has 0 rings (SSSR count). The maximum absolute atomic E-state index is 12.3. The van der Waals surface area contributed by atoms with Gasteiger partial charge in [0.1, 0.15) is 5.54 Å². The summed E-state index contributed by atoms with van der Waals surface area (Å²) in [5, 5.41) is 3.46. The van der Waals surface area contributed by atoms with E-state index in [-0.39, 0.29) is 5.97 Å². The number of hydrogen-bond donors (Lipinski definition) is 1. The van der Waals surface area contributed by atoms with Crippen LogP contribution in [-0.4, -0.2) is 50.7 Å². The molecule has 0 aliphatic rings. The first-order chi connectivity index (χ1) is 8.73. The number of likely N-dealkylation sites (N-methyl/N-ethyl adjacent to an activating group) is 1. The molecule has 0 bridgehead atoms. The second-order valence-corrected chi connectivity index (χ2v) is 6.50. The molecule has 0 radical (unpaired) electrons. The third kappa shape index (κ3) is 6.92. The molecule has 0 unspecified atom stereocenters. The zero-order valence-electron chi connectivity index (χ0n) is 13.7. The fraction of sp³-hybridized carbons (Fsp3) is 0.933. The lowest BCUT2D eigenvalue weighted by atomic mass is 9.81. The van der Waals surface area contributed by atoms with E-state index in [4.69, 9.17) is 4.74 Å². The number of rotatable bonds is 9. The number of carbonyl (C=O) groups excluding carboxylic acids is 1. The van der Waals surface area contributed by atoms with Crippen LogP contribution in [0.3, 0.4) is 0 Å². The topological polar surface area (TPSA) is 41.6 Å². The van der Waals surface area contributed by atoms with Gasteiger partial charge < -0.3 is 15.0 Å². The smallest absolute Gasteiger partial charge is 0.326 e. The van der Waals surface area contributed by atoms with Crippen molar-refractivity contribution in [1.29, 1.82) is 0 Å². The van der Waals surface area contributed by atoms with Crippen LogP contribution < -0.4 is 5.32 Å². The van der Waals surface area contributed by atoms with Crippen LogP contribution in [-0.2, 0) is 9.53 Å². The van der Waals surface area contributed by atoms with Gasteiger partial charge in [0, 0.05) is 13.1 Å². The van der Waals surface area contributed by atoms with Gasteiger partial charge in [0.15, 0.2) is 0 Å². The summed E-state index contributed by atoms with van der Waals surface area (Å²) in [6.07, 6.45) is 1.62. The molecule has 114 valence electrons. The molecule has 0 aromatic rings. The molecule has 1 N–H and O–H groups in total. The Morgan fingerprint density at radius 2 is 1.63 bits per heavy atom. The molecular weight excluding hydrogens is 240 g/mol. The standard InChI is InChI=1S/C15H32N2O2/c1-12(2)10-15(11-13(3)4,14(18)19-7)16-8-9-17(5)6/h12-13,16H,8-11H2,1-7H3. The quantitative estimate of drug-likeness (QED) is 0.653. The molecule has 0 aliphatic carbocycles. The number of nitrogens with zero attached hydrogens (tertiary/aromatic N) is 1. The summed E-state index contributed by atoms with van der Waals surface area (Å²) in [6, 6.07) is 0. The van der Waals surface area contributed by atoms with Crippen LogP contribution in [0.4, 0.5) is 0 Å². The Labute approximate surface area is 118 Å². The average molecular weight is 272 g/mol. The van der Waals surface area contributed by atoms with Gasteiger partial charge in [0.2, 0.25) is 0 Å². The largest absolute Gasteiger partial charge is 0.468 e. The van der Waals surface area contributed by atoms with Gasteiger partial charge in [-0.15, -0.1) is 0 Å². The van der Waals surface area contributed by atoms with Crippen LogP contribution in [0.2, 0.25) is 0 Å². The molecule has 0 aromatic heterocycles. The summed E-state index contributed by atoms with van der Waals surface area (Å²) < 4.78 is 5.06. The van der Waals surface area contributed by atoms with Gasteiger partial charge in [-0.2, -0.15) is 0 Å². The van der Waals surface area contributed by atoms with Gasteiger partial charge in [-0.1, -0.05) is 27.7 Å². The number of esters is 1. The summed E-state index contributed by atoms with van der Waals surface area (Å²) >= 11 is 0. The van der Waals surface area contributed by atoms with E-state index < -0.39 is 5.54 Å². The first kappa shape index (κ1) is 18.4. The summed E-state index contributed by atoms with van der Waals surface area (Å²) in [5.41, 5.74) is -0.549. The molecule has 0 saturated carbocycles. The Balaban J connectivity index is 4.94. The minimum Gasteiger partial charge on any atom is -0.468 e. The highest BCUT2D eigenvalue weighted by atomic mass is 16.5. The van der Waals surface area contributed by atoms with Crippen molar-refractivity contribution in [2.45, 2.75) is 46.1 Å². The van der Waals surface area contributed by atoms with Crippen LogP contribution in [0.5, 0.6) is 0 Å². The Morgan fingerprint density at radius 1 is 1.16 bits per heavy atom. The highest BCUT2D eigenvalue weighted by Gasteiger charge is 2.39. The van der Waals surface area contributed by atoms with Crippen LogP contribution >= 0.6 is 0 Å². The maximum Gasteiger partial charge on any atom is 0.326 e. The van der Waals surface area contributed by atoms with E-state index in [1.807, 2.05) is 14.1 Å². The van der Waals surface area contributed by atoms with E-state index in [0.29, 0.717) is 11.8 Å². The Bertz CT molecular complexity index is 253. The van der Waals surface area contributed by atoms with Crippen molar-refractivity contribution < 1.29 is 9.53 Å². The number of carbonyl (C=O) groups is 1. The predicted octanol–water partition coefficient (Wildman–Crippen LogP) is 2.14. The number of hydrogen-bond acceptors (Lipinski definition) is 4.